The number of aliphatic imine (C=N–C) groups is 1. The van der Waals surface area contributed by atoms with E-state index in [1.165, 1.54) is 5.56 Å². The molecule has 1 aromatic rings. The van der Waals surface area contributed by atoms with E-state index in [1.807, 2.05) is 25.1 Å². The van der Waals surface area contributed by atoms with Crippen molar-refractivity contribution in [3.8, 4) is 5.75 Å². The Morgan fingerprint density at radius 3 is 2.40 bits per heavy atom. The molecule has 0 fully saturated rings. The smallest absolute Gasteiger partial charge is 0.118 e. The van der Waals surface area contributed by atoms with Crippen LogP contribution in [0.15, 0.2) is 41.0 Å². The summed E-state index contributed by atoms with van der Waals surface area (Å²) in [5.74, 6) is 1.15. The fraction of sp³-hybridized carbons (Fsp3) is 0.308. The van der Waals surface area contributed by atoms with Crippen molar-refractivity contribution >= 4 is 6.72 Å². The van der Waals surface area contributed by atoms with Gasteiger partial charge in [0.1, 0.15) is 5.75 Å². The standard InChI is InChI=1S/C13H17NO/c1-5-13(14-3)10(2)11-6-8-12(15-4)9-7-11/h5-10H,3H2,1-2,4H3/b13-5-. The summed E-state index contributed by atoms with van der Waals surface area (Å²) in [7, 11) is 1.67. The van der Waals surface area contributed by atoms with E-state index in [1.54, 1.807) is 7.11 Å². The van der Waals surface area contributed by atoms with Gasteiger partial charge in [-0.05, 0) is 31.3 Å². The largest absolute Gasteiger partial charge is 0.497 e. The van der Waals surface area contributed by atoms with Crippen LogP contribution >= 0.6 is 0 Å². The average molecular weight is 203 g/mol. The average Bonchev–Trinajstić information content (AvgIpc) is 2.30. The lowest BCUT2D eigenvalue weighted by atomic mass is 9.97. The van der Waals surface area contributed by atoms with Gasteiger partial charge in [-0.15, -0.1) is 0 Å². The van der Waals surface area contributed by atoms with Gasteiger partial charge < -0.3 is 4.74 Å². The van der Waals surface area contributed by atoms with Crippen LogP contribution in [0, 0.1) is 0 Å². The van der Waals surface area contributed by atoms with Crippen LogP contribution in [0.25, 0.3) is 0 Å². The Labute approximate surface area is 91.3 Å². The number of nitrogens with zero attached hydrogens (tertiary/aromatic N) is 1. The lowest BCUT2D eigenvalue weighted by molar-refractivity contribution is 0.414. The molecule has 2 heteroatoms. The van der Waals surface area contributed by atoms with Crippen molar-refractivity contribution in [2.45, 2.75) is 19.8 Å². The van der Waals surface area contributed by atoms with Crippen molar-refractivity contribution in [3.63, 3.8) is 0 Å². The summed E-state index contributed by atoms with van der Waals surface area (Å²) < 4.78 is 5.11. The number of hydrogen-bond donors (Lipinski definition) is 0. The number of rotatable bonds is 4. The summed E-state index contributed by atoms with van der Waals surface area (Å²) >= 11 is 0. The molecule has 1 aromatic carbocycles. The summed E-state index contributed by atoms with van der Waals surface area (Å²) in [6.45, 7) is 7.66. The molecule has 0 N–H and O–H groups in total. The molecule has 0 spiro atoms. The predicted molar refractivity (Wildman–Crippen MR) is 64.7 cm³/mol. The molecular formula is C13H17NO. The highest BCUT2D eigenvalue weighted by Gasteiger charge is 2.08. The predicted octanol–water partition coefficient (Wildman–Crippen LogP) is 3.40. The van der Waals surface area contributed by atoms with Crippen molar-refractivity contribution in [1.82, 2.24) is 0 Å². The van der Waals surface area contributed by atoms with Gasteiger partial charge in [-0.25, -0.2) is 0 Å². The molecule has 1 rings (SSSR count). The molecule has 0 heterocycles. The van der Waals surface area contributed by atoms with Crippen LogP contribution in [0.5, 0.6) is 5.75 Å². The van der Waals surface area contributed by atoms with Crippen LogP contribution in [0.1, 0.15) is 25.3 Å². The van der Waals surface area contributed by atoms with Gasteiger partial charge in [0.15, 0.2) is 0 Å². The highest BCUT2D eigenvalue weighted by atomic mass is 16.5. The van der Waals surface area contributed by atoms with E-state index in [-0.39, 0.29) is 5.92 Å². The topological polar surface area (TPSA) is 21.6 Å². The first kappa shape index (κ1) is 11.5. The highest BCUT2D eigenvalue weighted by molar-refractivity contribution is 5.36. The van der Waals surface area contributed by atoms with E-state index in [9.17, 15) is 0 Å². The first-order valence-corrected chi connectivity index (χ1v) is 4.99. The molecule has 0 saturated carbocycles. The highest BCUT2D eigenvalue weighted by Crippen LogP contribution is 2.25. The minimum atomic E-state index is 0.276. The van der Waals surface area contributed by atoms with Gasteiger partial charge >= 0.3 is 0 Å². The molecular weight excluding hydrogens is 186 g/mol. The fourth-order valence-corrected chi connectivity index (χ4v) is 1.54. The second-order valence-corrected chi connectivity index (χ2v) is 3.37. The fourth-order valence-electron chi connectivity index (χ4n) is 1.54. The Hall–Kier alpha value is -1.57. The van der Waals surface area contributed by atoms with Gasteiger partial charge in [-0.2, -0.15) is 0 Å². The molecule has 0 bridgehead atoms. The third-order valence-electron chi connectivity index (χ3n) is 2.54. The van der Waals surface area contributed by atoms with Crippen molar-refractivity contribution in [3.05, 3.63) is 41.6 Å². The Morgan fingerprint density at radius 1 is 1.40 bits per heavy atom. The number of allylic oxidation sites excluding steroid dienone is 2. The summed E-state index contributed by atoms with van der Waals surface area (Å²) in [6.07, 6.45) is 1.99. The molecule has 80 valence electrons. The maximum absolute atomic E-state index is 5.11. The van der Waals surface area contributed by atoms with Gasteiger partial charge in [0.05, 0.1) is 7.11 Å². The molecule has 0 aromatic heterocycles. The van der Waals surface area contributed by atoms with Crippen molar-refractivity contribution in [2.24, 2.45) is 4.99 Å². The maximum atomic E-state index is 5.11. The molecule has 0 aliphatic carbocycles. The quantitative estimate of drug-likeness (QED) is 0.687. The first-order chi connectivity index (χ1) is 7.22. The monoisotopic (exact) mass is 203 g/mol. The van der Waals surface area contributed by atoms with Gasteiger partial charge in [0.2, 0.25) is 0 Å². The molecule has 2 nitrogen and oxygen atoms in total. The van der Waals surface area contributed by atoms with E-state index in [2.05, 4.69) is 30.8 Å². The zero-order valence-corrected chi connectivity index (χ0v) is 9.53. The SMILES string of the molecule is C=N/C(=C\C)C(C)c1ccc(OC)cc1. The van der Waals surface area contributed by atoms with Crippen LogP contribution in [0.2, 0.25) is 0 Å². The molecule has 1 unspecified atom stereocenters. The van der Waals surface area contributed by atoms with E-state index in [0.717, 1.165) is 11.4 Å². The van der Waals surface area contributed by atoms with Crippen LogP contribution in [0.3, 0.4) is 0 Å². The summed E-state index contributed by atoms with van der Waals surface area (Å²) in [5, 5.41) is 0. The summed E-state index contributed by atoms with van der Waals surface area (Å²) in [4.78, 5) is 4.01. The zero-order valence-electron chi connectivity index (χ0n) is 9.53. The second kappa shape index (κ2) is 5.35. The van der Waals surface area contributed by atoms with Crippen LogP contribution in [0.4, 0.5) is 0 Å². The third-order valence-corrected chi connectivity index (χ3v) is 2.54. The summed E-state index contributed by atoms with van der Waals surface area (Å²) in [5.41, 5.74) is 2.22. The molecule has 0 saturated heterocycles. The van der Waals surface area contributed by atoms with Crippen LogP contribution in [-0.4, -0.2) is 13.8 Å². The second-order valence-electron chi connectivity index (χ2n) is 3.37. The Bertz CT molecular complexity index is 351. The van der Waals surface area contributed by atoms with Gasteiger partial charge in [-0.3, -0.25) is 4.99 Å². The van der Waals surface area contributed by atoms with Gasteiger partial charge in [0, 0.05) is 11.6 Å². The lowest BCUT2D eigenvalue weighted by Crippen LogP contribution is -1.96. The Kier molecular flexibility index (Phi) is 4.10. The lowest BCUT2D eigenvalue weighted by Gasteiger charge is -2.12. The Morgan fingerprint density at radius 2 is 2.00 bits per heavy atom. The zero-order chi connectivity index (χ0) is 11.3. The normalized spacial score (nSPS) is 13.4. The number of benzene rings is 1. The number of methoxy groups -OCH3 is 1. The molecule has 1 atom stereocenters. The molecule has 15 heavy (non-hydrogen) atoms. The Balaban J connectivity index is 2.91. The van der Waals surface area contributed by atoms with Crippen LogP contribution < -0.4 is 4.74 Å². The molecule has 0 amide bonds. The van der Waals surface area contributed by atoms with E-state index in [4.69, 9.17) is 4.74 Å². The van der Waals surface area contributed by atoms with Gasteiger partial charge in [-0.1, -0.05) is 25.1 Å². The minimum absolute atomic E-state index is 0.276. The van der Waals surface area contributed by atoms with E-state index in [0.29, 0.717) is 0 Å². The van der Waals surface area contributed by atoms with Crippen molar-refractivity contribution in [1.29, 1.82) is 0 Å². The first-order valence-electron chi connectivity index (χ1n) is 4.99. The molecule has 0 aliphatic heterocycles. The number of ether oxygens (including phenoxy) is 1. The maximum Gasteiger partial charge on any atom is 0.118 e. The molecule has 0 aliphatic rings. The van der Waals surface area contributed by atoms with E-state index >= 15 is 0 Å². The third kappa shape index (κ3) is 2.69. The molecule has 0 radical (unpaired) electrons. The minimum Gasteiger partial charge on any atom is -0.497 e. The van der Waals surface area contributed by atoms with Crippen LogP contribution in [-0.2, 0) is 0 Å². The van der Waals surface area contributed by atoms with Crippen molar-refractivity contribution in [2.75, 3.05) is 7.11 Å². The van der Waals surface area contributed by atoms with E-state index < -0.39 is 0 Å². The van der Waals surface area contributed by atoms with Crippen molar-refractivity contribution < 1.29 is 4.74 Å². The van der Waals surface area contributed by atoms with Gasteiger partial charge in [0.25, 0.3) is 0 Å². The number of hydrogen-bond acceptors (Lipinski definition) is 2. The summed E-state index contributed by atoms with van der Waals surface area (Å²) in [6, 6.07) is 8.03.